The molecule has 1 aliphatic rings. The van der Waals surface area contributed by atoms with Crippen molar-refractivity contribution in [3.63, 3.8) is 0 Å². The maximum atomic E-state index is 5.84. The third kappa shape index (κ3) is 3.03. The van der Waals surface area contributed by atoms with Crippen LogP contribution in [-0.2, 0) is 11.3 Å². The smallest absolute Gasteiger partial charge is 0.0491 e. The third-order valence-corrected chi connectivity index (χ3v) is 3.82. The Morgan fingerprint density at radius 1 is 1.33 bits per heavy atom. The Kier molecular flexibility index (Phi) is 4.61. The molecule has 0 amide bonds. The van der Waals surface area contributed by atoms with Crippen LogP contribution in [0.4, 0.5) is 5.69 Å². The summed E-state index contributed by atoms with van der Waals surface area (Å²) in [6, 6.07) is 6.56. The summed E-state index contributed by atoms with van der Waals surface area (Å²) in [6.07, 6.45) is 2.43. The highest BCUT2D eigenvalue weighted by Crippen LogP contribution is 2.27. The van der Waals surface area contributed by atoms with Gasteiger partial charge in [0.25, 0.3) is 0 Å². The maximum absolute atomic E-state index is 5.84. The topological polar surface area (TPSA) is 38.5 Å². The van der Waals surface area contributed by atoms with Gasteiger partial charge < -0.3 is 15.4 Å². The SMILES string of the molecule is COCC1CCN(c2cc(C)ccc2CN)CC1. The van der Waals surface area contributed by atoms with Gasteiger partial charge in [0.15, 0.2) is 0 Å². The summed E-state index contributed by atoms with van der Waals surface area (Å²) in [5.41, 5.74) is 9.72. The molecule has 2 rings (SSSR count). The number of hydrogen-bond acceptors (Lipinski definition) is 3. The van der Waals surface area contributed by atoms with Gasteiger partial charge in [0.2, 0.25) is 0 Å². The number of rotatable bonds is 4. The van der Waals surface area contributed by atoms with Crippen molar-refractivity contribution in [3.8, 4) is 0 Å². The van der Waals surface area contributed by atoms with Crippen molar-refractivity contribution < 1.29 is 4.74 Å². The van der Waals surface area contributed by atoms with Gasteiger partial charge in [-0.3, -0.25) is 0 Å². The van der Waals surface area contributed by atoms with Crippen LogP contribution in [0.15, 0.2) is 18.2 Å². The molecule has 0 saturated carbocycles. The van der Waals surface area contributed by atoms with E-state index in [4.69, 9.17) is 10.5 Å². The van der Waals surface area contributed by atoms with E-state index in [1.807, 2.05) is 0 Å². The van der Waals surface area contributed by atoms with E-state index in [-0.39, 0.29) is 0 Å². The second-order valence-electron chi connectivity index (χ2n) is 5.22. The van der Waals surface area contributed by atoms with Crippen molar-refractivity contribution in [2.24, 2.45) is 11.7 Å². The van der Waals surface area contributed by atoms with Crippen LogP contribution in [0.2, 0.25) is 0 Å². The van der Waals surface area contributed by atoms with E-state index in [0.29, 0.717) is 6.54 Å². The minimum Gasteiger partial charge on any atom is -0.384 e. The molecule has 3 heteroatoms. The van der Waals surface area contributed by atoms with Crippen LogP contribution in [0.1, 0.15) is 24.0 Å². The number of piperidine rings is 1. The van der Waals surface area contributed by atoms with Gasteiger partial charge in [0, 0.05) is 39.0 Å². The zero-order valence-corrected chi connectivity index (χ0v) is 11.5. The lowest BCUT2D eigenvalue weighted by Gasteiger charge is -2.34. The number of nitrogens with two attached hydrogens (primary N) is 1. The van der Waals surface area contributed by atoms with Gasteiger partial charge in [-0.15, -0.1) is 0 Å². The zero-order chi connectivity index (χ0) is 13.0. The first-order chi connectivity index (χ1) is 8.74. The first kappa shape index (κ1) is 13.4. The molecule has 18 heavy (non-hydrogen) atoms. The first-order valence-corrected chi connectivity index (χ1v) is 6.78. The number of anilines is 1. The molecule has 0 aliphatic carbocycles. The van der Waals surface area contributed by atoms with Gasteiger partial charge in [-0.1, -0.05) is 12.1 Å². The molecule has 1 saturated heterocycles. The largest absolute Gasteiger partial charge is 0.384 e. The summed E-state index contributed by atoms with van der Waals surface area (Å²) >= 11 is 0. The number of hydrogen-bond donors (Lipinski definition) is 1. The normalized spacial score (nSPS) is 17.2. The fourth-order valence-corrected chi connectivity index (χ4v) is 2.72. The van der Waals surface area contributed by atoms with Gasteiger partial charge in [-0.05, 0) is 42.9 Å². The fourth-order valence-electron chi connectivity index (χ4n) is 2.72. The Balaban J connectivity index is 2.06. The average Bonchev–Trinajstić information content (AvgIpc) is 2.40. The zero-order valence-electron chi connectivity index (χ0n) is 11.5. The van der Waals surface area contributed by atoms with Crippen LogP contribution < -0.4 is 10.6 Å². The maximum Gasteiger partial charge on any atom is 0.0491 e. The Morgan fingerprint density at radius 3 is 2.67 bits per heavy atom. The van der Waals surface area contributed by atoms with E-state index >= 15 is 0 Å². The molecule has 2 N–H and O–H groups in total. The van der Waals surface area contributed by atoms with Crippen LogP contribution in [0.25, 0.3) is 0 Å². The van der Waals surface area contributed by atoms with Crippen LogP contribution in [0.3, 0.4) is 0 Å². The average molecular weight is 248 g/mol. The van der Waals surface area contributed by atoms with E-state index in [0.717, 1.165) is 25.6 Å². The molecule has 3 nitrogen and oxygen atoms in total. The van der Waals surface area contributed by atoms with Gasteiger partial charge in [0.1, 0.15) is 0 Å². The van der Waals surface area contributed by atoms with Gasteiger partial charge >= 0.3 is 0 Å². The molecule has 1 fully saturated rings. The van der Waals surface area contributed by atoms with Crippen LogP contribution in [0, 0.1) is 12.8 Å². The van der Waals surface area contributed by atoms with Crippen LogP contribution >= 0.6 is 0 Å². The van der Waals surface area contributed by atoms with Crippen molar-refractivity contribution in [3.05, 3.63) is 29.3 Å². The van der Waals surface area contributed by atoms with Crippen molar-refractivity contribution in [2.75, 3.05) is 31.7 Å². The summed E-state index contributed by atoms with van der Waals surface area (Å²) in [5.74, 6) is 0.720. The second kappa shape index (κ2) is 6.21. The van der Waals surface area contributed by atoms with Crippen LogP contribution in [0.5, 0.6) is 0 Å². The molecule has 0 bridgehead atoms. The molecule has 0 spiro atoms. The minimum atomic E-state index is 0.619. The van der Waals surface area contributed by atoms with E-state index < -0.39 is 0 Å². The molecule has 0 unspecified atom stereocenters. The lowest BCUT2D eigenvalue weighted by Crippen LogP contribution is -2.35. The summed E-state index contributed by atoms with van der Waals surface area (Å²) in [4.78, 5) is 2.47. The monoisotopic (exact) mass is 248 g/mol. The lowest BCUT2D eigenvalue weighted by atomic mass is 9.96. The molecule has 0 aromatic heterocycles. The van der Waals surface area contributed by atoms with E-state index in [1.54, 1.807) is 7.11 Å². The highest BCUT2D eigenvalue weighted by Gasteiger charge is 2.20. The molecular formula is C15H24N2O. The second-order valence-corrected chi connectivity index (χ2v) is 5.22. The van der Waals surface area contributed by atoms with Gasteiger partial charge in [0.05, 0.1) is 0 Å². The summed E-state index contributed by atoms with van der Waals surface area (Å²) in [5, 5.41) is 0. The molecule has 0 radical (unpaired) electrons. The summed E-state index contributed by atoms with van der Waals surface area (Å²) < 4.78 is 5.25. The summed E-state index contributed by atoms with van der Waals surface area (Å²) in [7, 11) is 1.79. The fraction of sp³-hybridized carbons (Fsp3) is 0.600. The standard InChI is InChI=1S/C15H24N2O/c1-12-3-4-14(10-16)15(9-12)17-7-5-13(6-8-17)11-18-2/h3-4,9,13H,5-8,10-11,16H2,1-2H3. The van der Waals surface area contributed by atoms with Crippen molar-refractivity contribution >= 4 is 5.69 Å². The molecular weight excluding hydrogens is 224 g/mol. The molecule has 1 aromatic rings. The predicted octanol–water partition coefficient (Wildman–Crippen LogP) is 2.32. The highest BCUT2D eigenvalue weighted by atomic mass is 16.5. The number of ether oxygens (including phenoxy) is 1. The molecule has 100 valence electrons. The van der Waals surface area contributed by atoms with Crippen molar-refractivity contribution in [1.82, 2.24) is 0 Å². The number of aryl methyl sites for hydroxylation is 1. The Hall–Kier alpha value is -1.06. The molecule has 1 aliphatic heterocycles. The number of benzene rings is 1. The molecule has 1 aromatic carbocycles. The minimum absolute atomic E-state index is 0.619. The Labute approximate surface area is 110 Å². The first-order valence-electron chi connectivity index (χ1n) is 6.78. The lowest BCUT2D eigenvalue weighted by molar-refractivity contribution is 0.139. The van der Waals surface area contributed by atoms with E-state index in [9.17, 15) is 0 Å². The number of nitrogens with zero attached hydrogens (tertiary/aromatic N) is 1. The van der Waals surface area contributed by atoms with Crippen molar-refractivity contribution in [2.45, 2.75) is 26.3 Å². The predicted molar refractivity (Wildman–Crippen MR) is 75.9 cm³/mol. The molecule has 0 atom stereocenters. The van der Waals surface area contributed by atoms with E-state index in [2.05, 4.69) is 30.0 Å². The third-order valence-electron chi connectivity index (χ3n) is 3.82. The summed E-state index contributed by atoms with van der Waals surface area (Å²) in [6.45, 7) is 5.88. The van der Waals surface area contributed by atoms with Gasteiger partial charge in [-0.2, -0.15) is 0 Å². The van der Waals surface area contributed by atoms with Gasteiger partial charge in [-0.25, -0.2) is 0 Å². The van der Waals surface area contributed by atoms with Crippen molar-refractivity contribution in [1.29, 1.82) is 0 Å². The number of methoxy groups -OCH3 is 1. The van der Waals surface area contributed by atoms with E-state index in [1.165, 1.54) is 29.7 Å². The highest BCUT2D eigenvalue weighted by molar-refractivity contribution is 5.55. The molecule has 1 heterocycles. The van der Waals surface area contributed by atoms with Crippen LogP contribution in [-0.4, -0.2) is 26.8 Å². The quantitative estimate of drug-likeness (QED) is 0.888. The Morgan fingerprint density at radius 2 is 2.06 bits per heavy atom. The Bertz CT molecular complexity index is 384.